The number of carbonyl (C=O) groups is 2. The fraction of sp³-hybridized carbons (Fsp3) is 0.263. The van der Waals surface area contributed by atoms with Crippen LogP contribution in [0.5, 0.6) is 0 Å². The molecule has 0 aliphatic heterocycles. The predicted molar refractivity (Wildman–Crippen MR) is 100 cm³/mol. The van der Waals surface area contributed by atoms with Gasteiger partial charge in [0.25, 0.3) is 0 Å². The number of amides is 1. The Bertz CT molecular complexity index is 781. The lowest BCUT2D eigenvalue weighted by atomic mass is 9.76. The second-order valence-electron chi connectivity index (χ2n) is 6.05. The van der Waals surface area contributed by atoms with Gasteiger partial charge in [-0.2, -0.15) is 0 Å². The minimum Gasteiger partial charge on any atom is -0.467 e. The van der Waals surface area contributed by atoms with E-state index >= 15 is 0 Å². The average molecular weight is 371 g/mol. The molecule has 2 aromatic rings. The zero-order valence-electron chi connectivity index (χ0n) is 15.2. The predicted octanol–water partition coefficient (Wildman–Crippen LogP) is 0.685. The quantitative estimate of drug-likeness (QED) is 0.489. The van der Waals surface area contributed by atoms with Gasteiger partial charge >= 0.3 is 19.2 Å². The van der Waals surface area contributed by atoms with Crippen LogP contribution in [0, 0.1) is 6.92 Å². The van der Waals surface area contributed by atoms with Crippen LogP contribution in [0.15, 0.2) is 48.5 Å². The molecule has 0 bridgehead atoms. The van der Waals surface area contributed by atoms with Gasteiger partial charge in [0, 0.05) is 6.42 Å². The fourth-order valence-corrected chi connectivity index (χ4v) is 2.63. The summed E-state index contributed by atoms with van der Waals surface area (Å²) in [5, 5.41) is 21.1. The monoisotopic (exact) mass is 371 g/mol. The normalized spacial score (nSPS) is 11.4. The Kier molecular flexibility index (Phi) is 7.39. The Morgan fingerprint density at radius 3 is 2.41 bits per heavy atom. The number of methoxy groups -OCH3 is 1. The van der Waals surface area contributed by atoms with E-state index in [0.29, 0.717) is 11.0 Å². The summed E-state index contributed by atoms with van der Waals surface area (Å²) in [5.41, 5.74) is 2.60. The lowest BCUT2D eigenvalue weighted by Crippen LogP contribution is -2.43. The second kappa shape index (κ2) is 9.75. The molecule has 2 rings (SSSR count). The zero-order valence-corrected chi connectivity index (χ0v) is 15.2. The first-order valence-electron chi connectivity index (χ1n) is 8.41. The highest BCUT2D eigenvalue weighted by Crippen LogP contribution is 2.08. The van der Waals surface area contributed by atoms with Gasteiger partial charge in [-0.1, -0.05) is 54.1 Å². The number of hydrogen-bond acceptors (Lipinski definition) is 6. The van der Waals surface area contributed by atoms with Gasteiger partial charge in [-0.15, -0.1) is 0 Å². The van der Waals surface area contributed by atoms with Gasteiger partial charge < -0.3 is 24.8 Å². The van der Waals surface area contributed by atoms with Gasteiger partial charge in [-0.3, -0.25) is 0 Å². The minimum absolute atomic E-state index is 0.0861. The van der Waals surface area contributed by atoms with Gasteiger partial charge in [-0.25, -0.2) is 9.59 Å². The van der Waals surface area contributed by atoms with E-state index in [1.54, 1.807) is 25.1 Å². The topological polar surface area (TPSA) is 105 Å². The molecule has 0 saturated carbocycles. The van der Waals surface area contributed by atoms with Crippen LogP contribution in [0.3, 0.4) is 0 Å². The van der Waals surface area contributed by atoms with Crippen molar-refractivity contribution in [3.05, 3.63) is 65.2 Å². The van der Waals surface area contributed by atoms with Crippen molar-refractivity contribution in [3.8, 4) is 0 Å². The van der Waals surface area contributed by atoms with Crippen LogP contribution in [0.4, 0.5) is 4.79 Å². The van der Waals surface area contributed by atoms with Crippen LogP contribution in [0.25, 0.3) is 0 Å². The molecule has 2 aromatic carbocycles. The first kappa shape index (κ1) is 20.5. The molecule has 7 nitrogen and oxygen atoms in total. The third kappa shape index (κ3) is 6.12. The van der Waals surface area contributed by atoms with Crippen molar-refractivity contribution >= 4 is 24.6 Å². The minimum atomic E-state index is -1.57. The van der Waals surface area contributed by atoms with Crippen molar-refractivity contribution in [1.29, 1.82) is 0 Å². The Morgan fingerprint density at radius 2 is 1.81 bits per heavy atom. The van der Waals surface area contributed by atoms with E-state index in [-0.39, 0.29) is 13.0 Å². The molecule has 0 saturated heterocycles. The third-order valence-corrected chi connectivity index (χ3v) is 4.04. The Balaban J connectivity index is 2.01. The van der Waals surface area contributed by atoms with E-state index < -0.39 is 25.2 Å². The zero-order chi connectivity index (χ0) is 19.8. The third-order valence-electron chi connectivity index (χ3n) is 4.04. The number of rotatable bonds is 7. The summed E-state index contributed by atoms with van der Waals surface area (Å²) in [6.07, 6.45) is -0.552. The van der Waals surface area contributed by atoms with E-state index in [4.69, 9.17) is 9.47 Å². The molecule has 0 heterocycles. The summed E-state index contributed by atoms with van der Waals surface area (Å²) in [5.74, 6) is -0.601. The van der Waals surface area contributed by atoms with Crippen molar-refractivity contribution in [3.63, 3.8) is 0 Å². The summed E-state index contributed by atoms with van der Waals surface area (Å²) >= 11 is 0. The average Bonchev–Trinajstić information content (AvgIpc) is 2.65. The van der Waals surface area contributed by atoms with Crippen molar-refractivity contribution in [2.24, 2.45) is 0 Å². The molecule has 3 N–H and O–H groups in total. The number of esters is 1. The molecular weight excluding hydrogens is 349 g/mol. The van der Waals surface area contributed by atoms with E-state index in [1.807, 2.05) is 30.3 Å². The SMILES string of the molecule is COC(=O)[C@H](Cc1ccc(B(O)O)c(C)c1)NC(=O)OCc1ccccc1. The molecule has 0 aliphatic rings. The number of ether oxygens (including phenoxy) is 2. The lowest BCUT2D eigenvalue weighted by Gasteiger charge is -2.17. The first-order chi connectivity index (χ1) is 12.9. The molecule has 142 valence electrons. The highest BCUT2D eigenvalue weighted by molar-refractivity contribution is 6.59. The van der Waals surface area contributed by atoms with Crippen LogP contribution >= 0.6 is 0 Å². The van der Waals surface area contributed by atoms with Crippen LogP contribution in [-0.2, 0) is 27.3 Å². The van der Waals surface area contributed by atoms with E-state index in [1.165, 1.54) is 7.11 Å². The molecular formula is C19H22BNO6. The first-order valence-corrected chi connectivity index (χ1v) is 8.41. The number of hydrogen-bond donors (Lipinski definition) is 3. The highest BCUT2D eigenvalue weighted by Gasteiger charge is 2.23. The smallest absolute Gasteiger partial charge is 0.467 e. The summed E-state index contributed by atoms with van der Waals surface area (Å²) < 4.78 is 9.89. The molecule has 0 fully saturated rings. The maximum absolute atomic E-state index is 12.0. The second-order valence-corrected chi connectivity index (χ2v) is 6.05. The summed E-state index contributed by atoms with van der Waals surface area (Å²) in [6.45, 7) is 1.82. The fourth-order valence-electron chi connectivity index (χ4n) is 2.63. The highest BCUT2D eigenvalue weighted by atomic mass is 16.6. The van der Waals surface area contributed by atoms with Crippen LogP contribution < -0.4 is 10.8 Å². The molecule has 1 atom stereocenters. The van der Waals surface area contributed by atoms with Crippen molar-refractivity contribution in [2.75, 3.05) is 7.11 Å². The summed E-state index contributed by atoms with van der Waals surface area (Å²) in [4.78, 5) is 24.1. The van der Waals surface area contributed by atoms with Crippen LogP contribution in [-0.4, -0.2) is 42.4 Å². The van der Waals surface area contributed by atoms with Crippen molar-refractivity contribution in [2.45, 2.75) is 26.0 Å². The van der Waals surface area contributed by atoms with Gasteiger partial charge in [0.15, 0.2) is 0 Å². The molecule has 0 aliphatic carbocycles. The Morgan fingerprint density at radius 1 is 1.11 bits per heavy atom. The van der Waals surface area contributed by atoms with Crippen LogP contribution in [0.2, 0.25) is 0 Å². The van der Waals surface area contributed by atoms with Crippen molar-refractivity contribution < 1.29 is 29.1 Å². The number of benzene rings is 2. The summed E-state index contributed by atoms with van der Waals surface area (Å²) in [6, 6.07) is 13.2. The Labute approximate surface area is 158 Å². The molecule has 8 heteroatoms. The van der Waals surface area contributed by atoms with Crippen molar-refractivity contribution in [1.82, 2.24) is 5.32 Å². The van der Waals surface area contributed by atoms with E-state index in [2.05, 4.69) is 5.32 Å². The molecule has 1 amide bonds. The van der Waals surface area contributed by atoms with E-state index in [0.717, 1.165) is 11.1 Å². The van der Waals surface area contributed by atoms with Gasteiger partial charge in [0.2, 0.25) is 0 Å². The lowest BCUT2D eigenvalue weighted by molar-refractivity contribution is -0.143. The molecule has 27 heavy (non-hydrogen) atoms. The van der Waals surface area contributed by atoms with Gasteiger partial charge in [0.1, 0.15) is 12.6 Å². The molecule has 0 aromatic heterocycles. The standard InChI is InChI=1S/C19H22BNO6/c1-13-10-15(8-9-16(13)20(24)25)11-17(18(22)26-2)21-19(23)27-12-14-6-4-3-5-7-14/h3-10,17,24-25H,11-12H2,1-2H3,(H,21,23)/t17-/m0/s1. The van der Waals surface area contributed by atoms with Gasteiger partial charge in [-0.05, 0) is 23.5 Å². The Hall–Kier alpha value is -2.84. The molecule has 0 radical (unpaired) electrons. The number of nitrogens with one attached hydrogen (secondary N) is 1. The number of carbonyl (C=O) groups excluding carboxylic acids is 2. The number of alkyl carbamates (subject to hydrolysis) is 1. The van der Waals surface area contributed by atoms with Crippen LogP contribution in [0.1, 0.15) is 16.7 Å². The largest absolute Gasteiger partial charge is 0.488 e. The summed E-state index contributed by atoms with van der Waals surface area (Å²) in [7, 11) is -0.329. The van der Waals surface area contributed by atoms with E-state index in [9.17, 15) is 19.6 Å². The molecule has 0 unspecified atom stereocenters. The maximum atomic E-state index is 12.0. The molecule has 0 spiro atoms. The maximum Gasteiger partial charge on any atom is 0.488 e. The van der Waals surface area contributed by atoms with Gasteiger partial charge in [0.05, 0.1) is 7.11 Å². The number of aryl methyl sites for hydroxylation is 1.